The summed E-state index contributed by atoms with van der Waals surface area (Å²) in [7, 11) is 0. The van der Waals surface area contributed by atoms with Crippen LogP contribution in [-0.4, -0.2) is 3.21 Å². The minimum Gasteiger partial charge on any atom is -1.00 e. The van der Waals surface area contributed by atoms with Crippen molar-refractivity contribution >= 4 is 6.48 Å². The van der Waals surface area contributed by atoms with Gasteiger partial charge in [0, 0.05) is 0 Å². The molecule has 0 N–H and O–H groups in total. The molecule has 0 nitrogen and oxygen atoms in total. The Balaban J connectivity index is 0.00000220. The number of allylic oxidation sites excluding steroid dienone is 4. The van der Waals surface area contributed by atoms with E-state index >= 15 is 0 Å². The van der Waals surface area contributed by atoms with E-state index in [1.807, 2.05) is 0 Å². The zero-order chi connectivity index (χ0) is 27.4. The molecule has 0 heterocycles. The summed E-state index contributed by atoms with van der Waals surface area (Å²) in [6.45, 7) is 21.3. The number of hydrogen-bond acceptors (Lipinski definition) is 0. The molecule has 0 bridgehead atoms. The molecule has 40 heavy (non-hydrogen) atoms. The van der Waals surface area contributed by atoms with Crippen molar-refractivity contribution < 1.29 is 46.1 Å². The van der Waals surface area contributed by atoms with Crippen molar-refractivity contribution in [2.45, 2.75) is 81.6 Å². The fourth-order valence-electron chi connectivity index (χ4n) is 6.48. The van der Waals surface area contributed by atoms with Gasteiger partial charge in [0.1, 0.15) is 0 Å². The Morgan fingerprint density at radius 3 is 2.12 bits per heavy atom. The first kappa shape index (κ1) is 33.0. The SMILES string of the molecule is CCCC1C=C(C(C)(C)C)C=[C]1/[Zr+2](=[C](\C)c1ccccc1)[c]1c(C)c(C)cc2c1Cc1cc(C)c(C)cc1-2.[Cl-].[Cl-]. The van der Waals surface area contributed by atoms with Crippen molar-refractivity contribution in [3.8, 4) is 11.1 Å². The fourth-order valence-corrected chi connectivity index (χ4v) is 15.2. The van der Waals surface area contributed by atoms with Gasteiger partial charge in [0.15, 0.2) is 0 Å². The molecule has 1 atom stereocenters. The third kappa shape index (κ3) is 6.00. The number of fused-ring (bicyclic) bond motifs is 3. The van der Waals surface area contributed by atoms with Crippen molar-refractivity contribution in [1.82, 2.24) is 0 Å². The molecule has 210 valence electrons. The maximum absolute atomic E-state index is 2.67. The van der Waals surface area contributed by atoms with Gasteiger partial charge in [0.2, 0.25) is 0 Å². The number of benzene rings is 3. The van der Waals surface area contributed by atoms with E-state index in [2.05, 4.69) is 123 Å². The Bertz CT molecular complexity index is 1510. The number of aryl methyl sites for hydroxylation is 3. The standard InChI is InChI=1S/C17H17.C12H19.C8H8.2ClH.Zr/c1-10-5-14-9-15-6-11(2)13(4)8-17(15)16(14)7-12(10)3;1-5-6-10-7-8-11(9-10)12(2,3)4;1-2-8-6-4-3-5-7-8;;;/h5,7-8H,9H2,1-4H3;8-10H,5-6H2,1-4H3;3-7H,1H3;2*1H;/q;;;;;+2/p-2. The minimum absolute atomic E-state index is 0. The molecule has 5 rings (SSSR count). The maximum Gasteiger partial charge on any atom is -1.00 e. The summed E-state index contributed by atoms with van der Waals surface area (Å²) >= 11 is -2.53. The van der Waals surface area contributed by atoms with Crippen LogP contribution in [0.3, 0.4) is 0 Å². The average molecular weight is 651 g/mol. The third-order valence-electron chi connectivity index (χ3n) is 9.01. The molecule has 0 spiro atoms. The van der Waals surface area contributed by atoms with E-state index in [0.29, 0.717) is 5.92 Å². The molecule has 0 fully saturated rings. The van der Waals surface area contributed by atoms with Gasteiger partial charge in [-0.05, 0) is 0 Å². The number of rotatable bonds is 5. The van der Waals surface area contributed by atoms with Gasteiger partial charge in [-0.15, -0.1) is 0 Å². The predicted octanol–water partition coefficient (Wildman–Crippen LogP) is 3.27. The molecule has 0 saturated heterocycles. The molecule has 3 aromatic carbocycles. The van der Waals surface area contributed by atoms with Crippen molar-refractivity contribution in [2.24, 2.45) is 11.3 Å². The van der Waals surface area contributed by atoms with Crippen molar-refractivity contribution in [3.63, 3.8) is 0 Å². The Morgan fingerprint density at radius 2 is 1.50 bits per heavy atom. The monoisotopic (exact) mass is 648 g/mol. The third-order valence-corrected chi connectivity index (χ3v) is 17.1. The van der Waals surface area contributed by atoms with Crippen LogP contribution >= 0.6 is 0 Å². The van der Waals surface area contributed by atoms with Crippen LogP contribution in [0.5, 0.6) is 0 Å². The zero-order valence-electron chi connectivity index (χ0n) is 25.7. The molecule has 3 heteroatoms. The van der Waals surface area contributed by atoms with Crippen LogP contribution < -0.4 is 28.1 Å². The van der Waals surface area contributed by atoms with Gasteiger partial charge < -0.3 is 24.8 Å². The Labute approximate surface area is 263 Å². The quantitative estimate of drug-likeness (QED) is 0.311. The first-order chi connectivity index (χ1) is 18.0. The van der Waals surface area contributed by atoms with Crippen LogP contribution in [0.4, 0.5) is 0 Å². The topological polar surface area (TPSA) is 0 Å². The van der Waals surface area contributed by atoms with Gasteiger partial charge in [-0.1, -0.05) is 0 Å². The van der Waals surface area contributed by atoms with Gasteiger partial charge >= 0.3 is 240 Å². The van der Waals surface area contributed by atoms with Gasteiger partial charge in [-0.3, -0.25) is 0 Å². The van der Waals surface area contributed by atoms with Crippen molar-refractivity contribution in [3.05, 3.63) is 108 Å². The molecule has 0 aliphatic heterocycles. The Kier molecular flexibility index (Phi) is 10.5. The molecular formula is C37H44Cl2Zr. The fraction of sp³-hybridized carbons (Fsp3) is 0.378. The smallest absolute Gasteiger partial charge is 1.00 e. The molecular weight excluding hydrogens is 607 g/mol. The first-order valence-corrected chi connectivity index (χ1v) is 18.1. The van der Waals surface area contributed by atoms with Gasteiger partial charge in [0.05, 0.1) is 0 Å². The number of hydrogen-bond donors (Lipinski definition) is 0. The Hall–Kier alpha value is -1.53. The van der Waals surface area contributed by atoms with Crippen LogP contribution in [0.2, 0.25) is 0 Å². The second-order valence-corrected chi connectivity index (χ2v) is 19.1. The number of halogens is 2. The largest absolute Gasteiger partial charge is 1.00 e. The van der Waals surface area contributed by atoms with E-state index in [1.54, 1.807) is 26.5 Å². The minimum atomic E-state index is -2.53. The van der Waals surface area contributed by atoms with Gasteiger partial charge in [-0.25, -0.2) is 0 Å². The summed E-state index contributed by atoms with van der Waals surface area (Å²) in [4.78, 5) is 0. The van der Waals surface area contributed by atoms with Crippen LogP contribution in [0.25, 0.3) is 11.1 Å². The first-order valence-electron chi connectivity index (χ1n) is 14.5. The van der Waals surface area contributed by atoms with Crippen molar-refractivity contribution in [2.75, 3.05) is 0 Å². The van der Waals surface area contributed by atoms with E-state index in [9.17, 15) is 0 Å². The van der Waals surface area contributed by atoms with E-state index in [1.165, 1.54) is 51.8 Å². The van der Waals surface area contributed by atoms with E-state index in [-0.39, 0.29) is 30.2 Å². The molecule has 0 amide bonds. The van der Waals surface area contributed by atoms with Crippen LogP contribution in [0, 0.1) is 39.0 Å². The molecule has 1 unspecified atom stereocenters. The predicted molar refractivity (Wildman–Crippen MR) is 164 cm³/mol. The normalized spacial score (nSPS) is 15.8. The van der Waals surface area contributed by atoms with Gasteiger partial charge in [0.25, 0.3) is 0 Å². The zero-order valence-corrected chi connectivity index (χ0v) is 29.7. The summed E-state index contributed by atoms with van der Waals surface area (Å²) < 4.78 is 5.22. The van der Waals surface area contributed by atoms with Crippen LogP contribution in [0.15, 0.2) is 69.5 Å². The maximum atomic E-state index is 2.67. The Morgan fingerprint density at radius 1 is 0.875 bits per heavy atom. The molecule has 0 saturated carbocycles. The van der Waals surface area contributed by atoms with E-state index in [4.69, 9.17) is 0 Å². The molecule has 2 aliphatic rings. The molecule has 3 aromatic rings. The summed E-state index contributed by atoms with van der Waals surface area (Å²) in [5.74, 6) is 0.575. The summed E-state index contributed by atoms with van der Waals surface area (Å²) in [6.07, 6.45) is 8.88. The van der Waals surface area contributed by atoms with Crippen LogP contribution in [0.1, 0.15) is 86.4 Å². The molecule has 0 aromatic heterocycles. The van der Waals surface area contributed by atoms with Crippen molar-refractivity contribution in [1.29, 1.82) is 0 Å². The second-order valence-electron chi connectivity index (χ2n) is 12.7. The second kappa shape index (κ2) is 12.8. The molecule has 0 radical (unpaired) electrons. The van der Waals surface area contributed by atoms with Crippen LogP contribution in [-0.2, 0) is 27.7 Å². The molecule has 2 aliphatic carbocycles. The van der Waals surface area contributed by atoms with Gasteiger partial charge in [-0.2, -0.15) is 0 Å². The van der Waals surface area contributed by atoms with E-state index in [0.717, 1.165) is 6.42 Å². The summed E-state index contributed by atoms with van der Waals surface area (Å²) in [6, 6.07) is 18.7. The summed E-state index contributed by atoms with van der Waals surface area (Å²) in [5.41, 5.74) is 15.1. The van der Waals surface area contributed by atoms with E-state index < -0.39 is 21.3 Å². The average Bonchev–Trinajstić information content (AvgIpc) is 3.44. The summed E-state index contributed by atoms with van der Waals surface area (Å²) in [5, 5.41) is 0.